The van der Waals surface area contributed by atoms with Crippen molar-refractivity contribution < 1.29 is 4.74 Å². The lowest BCUT2D eigenvalue weighted by Crippen LogP contribution is -2.41. The fourth-order valence-corrected chi connectivity index (χ4v) is 4.29. The Morgan fingerprint density at radius 2 is 2.05 bits per heavy atom. The third kappa shape index (κ3) is 3.47. The molecule has 1 saturated heterocycles. The molecule has 114 valence electrons. The van der Waals surface area contributed by atoms with E-state index >= 15 is 0 Å². The van der Waals surface area contributed by atoms with Gasteiger partial charge >= 0.3 is 0 Å². The zero-order valence-electron chi connectivity index (χ0n) is 12.9. The van der Waals surface area contributed by atoms with E-state index in [1.165, 1.54) is 41.3 Å². The van der Waals surface area contributed by atoms with Gasteiger partial charge in [0.1, 0.15) is 0 Å². The van der Waals surface area contributed by atoms with E-state index in [0.717, 1.165) is 26.3 Å². The van der Waals surface area contributed by atoms with E-state index in [9.17, 15) is 0 Å². The minimum absolute atomic E-state index is 0.372. The molecule has 1 aromatic heterocycles. The Morgan fingerprint density at radius 3 is 2.86 bits per heavy atom. The van der Waals surface area contributed by atoms with E-state index < -0.39 is 0 Å². The summed E-state index contributed by atoms with van der Waals surface area (Å²) in [7, 11) is 0. The van der Waals surface area contributed by atoms with Gasteiger partial charge in [-0.05, 0) is 60.0 Å². The Balaban J connectivity index is 1.80. The monoisotopic (exact) mass is 303 g/mol. The first kappa shape index (κ1) is 15.0. The van der Waals surface area contributed by atoms with Crippen LogP contribution in [0.2, 0.25) is 0 Å². The van der Waals surface area contributed by atoms with Crippen LogP contribution in [0.5, 0.6) is 0 Å². The number of benzene rings is 1. The molecular formula is C18H25NOS. The molecule has 1 aromatic carbocycles. The summed E-state index contributed by atoms with van der Waals surface area (Å²) in [5.74, 6) is 0. The van der Waals surface area contributed by atoms with Crippen molar-refractivity contribution in [2.24, 2.45) is 5.41 Å². The summed E-state index contributed by atoms with van der Waals surface area (Å²) in [5.41, 5.74) is 1.90. The largest absolute Gasteiger partial charge is 0.381 e. The van der Waals surface area contributed by atoms with Gasteiger partial charge in [-0.25, -0.2) is 0 Å². The molecule has 0 spiro atoms. The Hall–Kier alpha value is -0.900. The average molecular weight is 303 g/mol. The Morgan fingerprint density at radius 1 is 1.24 bits per heavy atom. The number of nitrogens with one attached hydrogen (secondary N) is 1. The van der Waals surface area contributed by atoms with Crippen LogP contribution in [0.15, 0.2) is 29.6 Å². The molecule has 1 N–H and O–H groups in total. The van der Waals surface area contributed by atoms with E-state index in [1.807, 2.05) is 11.3 Å². The SMILES string of the molecule is CCCNCC1(Cc2csc3ccccc23)CCOCC1. The summed E-state index contributed by atoms with van der Waals surface area (Å²) >= 11 is 1.88. The molecule has 3 heteroatoms. The van der Waals surface area contributed by atoms with Gasteiger partial charge in [0.15, 0.2) is 0 Å². The highest BCUT2D eigenvalue weighted by atomic mass is 32.1. The molecule has 0 radical (unpaired) electrons. The molecule has 1 aliphatic rings. The van der Waals surface area contributed by atoms with Gasteiger partial charge in [-0.15, -0.1) is 11.3 Å². The summed E-state index contributed by atoms with van der Waals surface area (Å²) < 4.78 is 7.03. The maximum atomic E-state index is 5.61. The molecule has 0 amide bonds. The lowest BCUT2D eigenvalue weighted by molar-refractivity contribution is 0.0152. The third-order valence-electron chi connectivity index (χ3n) is 4.61. The fourth-order valence-electron chi connectivity index (χ4n) is 3.32. The van der Waals surface area contributed by atoms with Crippen LogP contribution in [0.3, 0.4) is 0 Å². The number of hydrogen-bond acceptors (Lipinski definition) is 3. The van der Waals surface area contributed by atoms with Crippen LogP contribution in [-0.2, 0) is 11.2 Å². The highest BCUT2D eigenvalue weighted by molar-refractivity contribution is 7.17. The topological polar surface area (TPSA) is 21.3 Å². The van der Waals surface area contributed by atoms with Gasteiger partial charge in [-0.3, -0.25) is 0 Å². The molecule has 1 aliphatic heterocycles. The van der Waals surface area contributed by atoms with E-state index in [4.69, 9.17) is 4.74 Å². The molecule has 0 unspecified atom stereocenters. The lowest BCUT2D eigenvalue weighted by atomic mass is 9.75. The molecule has 0 bridgehead atoms. The highest BCUT2D eigenvalue weighted by Gasteiger charge is 2.33. The van der Waals surface area contributed by atoms with Crippen molar-refractivity contribution in [1.29, 1.82) is 0 Å². The standard InChI is InChI=1S/C18H25NOS/c1-2-9-19-14-18(7-10-20-11-8-18)12-15-13-21-17-6-4-3-5-16(15)17/h3-6,13,19H,2,7-12,14H2,1H3. The second kappa shape index (κ2) is 6.91. The summed E-state index contributed by atoms with van der Waals surface area (Å²) in [4.78, 5) is 0. The van der Waals surface area contributed by atoms with E-state index in [0.29, 0.717) is 5.41 Å². The Kier molecular flexibility index (Phi) is 4.94. The number of rotatable bonds is 6. The molecule has 21 heavy (non-hydrogen) atoms. The average Bonchev–Trinajstić information content (AvgIpc) is 2.92. The summed E-state index contributed by atoms with van der Waals surface area (Å²) in [6, 6.07) is 8.79. The van der Waals surface area contributed by atoms with Gasteiger partial charge in [0, 0.05) is 24.5 Å². The predicted octanol–water partition coefficient (Wildman–Crippen LogP) is 4.24. The van der Waals surface area contributed by atoms with E-state index in [2.05, 4.69) is 41.9 Å². The molecule has 2 nitrogen and oxygen atoms in total. The van der Waals surface area contributed by atoms with Crippen molar-refractivity contribution in [2.45, 2.75) is 32.6 Å². The van der Waals surface area contributed by atoms with Crippen LogP contribution in [0, 0.1) is 5.41 Å². The number of thiophene rings is 1. The zero-order chi connectivity index (χ0) is 14.5. The van der Waals surface area contributed by atoms with Crippen LogP contribution in [0.1, 0.15) is 31.7 Å². The number of hydrogen-bond donors (Lipinski definition) is 1. The van der Waals surface area contributed by atoms with Crippen LogP contribution in [-0.4, -0.2) is 26.3 Å². The molecular weight excluding hydrogens is 278 g/mol. The molecule has 2 heterocycles. The lowest BCUT2D eigenvalue weighted by Gasteiger charge is -2.37. The highest BCUT2D eigenvalue weighted by Crippen LogP contribution is 2.37. The number of fused-ring (bicyclic) bond motifs is 1. The third-order valence-corrected chi connectivity index (χ3v) is 5.62. The first-order chi connectivity index (χ1) is 10.3. The summed E-state index contributed by atoms with van der Waals surface area (Å²) in [5, 5.41) is 7.46. The second-order valence-corrected chi connectivity index (χ2v) is 7.13. The molecule has 1 fully saturated rings. The quantitative estimate of drug-likeness (QED) is 0.806. The second-order valence-electron chi connectivity index (χ2n) is 6.22. The maximum Gasteiger partial charge on any atom is 0.0471 e. The normalized spacial score (nSPS) is 18.1. The van der Waals surface area contributed by atoms with Crippen molar-refractivity contribution in [3.8, 4) is 0 Å². The predicted molar refractivity (Wildman–Crippen MR) is 91.2 cm³/mol. The zero-order valence-corrected chi connectivity index (χ0v) is 13.7. The van der Waals surface area contributed by atoms with Gasteiger partial charge < -0.3 is 10.1 Å². The summed E-state index contributed by atoms with van der Waals surface area (Å²) in [6.45, 7) is 6.29. The van der Waals surface area contributed by atoms with Crippen molar-refractivity contribution in [1.82, 2.24) is 5.32 Å². The van der Waals surface area contributed by atoms with Crippen molar-refractivity contribution >= 4 is 21.4 Å². The van der Waals surface area contributed by atoms with Gasteiger partial charge in [-0.2, -0.15) is 0 Å². The Bertz CT molecular complexity index is 571. The number of ether oxygens (including phenoxy) is 1. The smallest absolute Gasteiger partial charge is 0.0471 e. The van der Waals surface area contributed by atoms with Crippen molar-refractivity contribution in [3.63, 3.8) is 0 Å². The fraction of sp³-hybridized carbons (Fsp3) is 0.556. The van der Waals surface area contributed by atoms with Crippen molar-refractivity contribution in [2.75, 3.05) is 26.3 Å². The molecule has 2 aromatic rings. The summed E-state index contributed by atoms with van der Waals surface area (Å²) in [6.07, 6.45) is 4.73. The van der Waals surface area contributed by atoms with Crippen LogP contribution in [0.25, 0.3) is 10.1 Å². The maximum absolute atomic E-state index is 5.61. The Labute approximate surface area is 131 Å². The van der Waals surface area contributed by atoms with Crippen LogP contribution < -0.4 is 5.32 Å². The van der Waals surface area contributed by atoms with Crippen LogP contribution >= 0.6 is 11.3 Å². The van der Waals surface area contributed by atoms with Gasteiger partial charge in [0.2, 0.25) is 0 Å². The molecule has 0 saturated carbocycles. The first-order valence-electron chi connectivity index (χ1n) is 8.07. The molecule has 3 rings (SSSR count). The minimum atomic E-state index is 0.372. The van der Waals surface area contributed by atoms with E-state index in [-0.39, 0.29) is 0 Å². The van der Waals surface area contributed by atoms with Gasteiger partial charge in [0.25, 0.3) is 0 Å². The first-order valence-corrected chi connectivity index (χ1v) is 8.94. The van der Waals surface area contributed by atoms with Crippen molar-refractivity contribution in [3.05, 3.63) is 35.2 Å². The minimum Gasteiger partial charge on any atom is -0.381 e. The van der Waals surface area contributed by atoms with Crippen LogP contribution in [0.4, 0.5) is 0 Å². The molecule has 0 atom stereocenters. The van der Waals surface area contributed by atoms with E-state index in [1.54, 1.807) is 0 Å². The van der Waals surface area contributed by atoms with Gasteiger partial charge in [0.05, 0.1) is 0 Å². The molecule has 0 aliphatic carbocycles. The van der Waals surface area contributed by atoms with Gasteiger partial charge in [-0.1, -0.05) is 25.1 Å².